The van der Waals surface area contributed by atoms with Crippen molar-refractivity contribution in [2.45, 2.75) is 52.1 Å². The molecule has 1 amide bonds. The fourth-order valence-electron chi connectivity index (χ4n) is 2.20. The standard InChI is InChI=1S/C21H30N2O3Si/c1-21(2,3)27(4,5)26-15-17-13-18(22)11-12-19(17)23-20(24)25-14-16-9-7-6-8-10-16/h6-13H,14-15,22H2,1-5H3,(H,23,24). The van der Waals surface area contributed by atoms with Crippen LogP contribution >= 0.6 is 0 Å². The van der Waals surface area contributed by atoms with Gasteiger partial charge in [-0.25, -0.2) is 4.79 Å². The Bertz CT molecular complexity index is 771. The number of amides is 1. The third-order valence-electron chi connectivity index (χ3n) is 4.97. The van der Waals surface area contributed by atoms with Gasteiger partial charge in [-0.2, -0.15) is 0 Å². The first kappa shape index (κ1) is 21.0. The van der Waals surface area contributed by atoms with Crippen LogP contribution < -0.4 is 11.1 Å². The molecule has 0 heterocycles. The van der Waals surface area contributed by atoms with Crippen molar-refractivity contribution in [1.29, 1.82) is 0 Å². The lowest BCUT2D eigenvalue weighted by Gasteiger charge is -2.36. The van der Waals surface area contributed by atoms with Crippen LogP contribution in [0.15, 0.2) is 48.5 Å². The van der Waals surface area contributed by atoms with Crippen molar-refractivity contribution in [2.75, 3.05) is 11.1 Å². The molecule has 0 fully saturated rings. The number of nitrogens with two attached hydrogens (primary N) is 1. The first-order chi connectivity index (χ1) is 12.6. The highest BCUT2D eigenvalue weighted by atomic mass is 28.4. The zero-order valence-electron chi connectivity index (χ0n) is 16.8. The Morgan fingerprint density at radius 3 is 2.37 bits per heavy atom. The van der Waals surface area contributed by atoms with E-state index in [0.717, 1.165) is 11.1 Å². The molecule has 2 rings (SSSR count). The van der Waals surface area contributed by atoms with Gasteiger partial charge in [0.25, 0.3) is 0 Å². The second kappa shape index (κ2) is 8.58. The Balaban J connectivity index is 2.03. The number of hydrogen-bond acceptors (Lipinski definition) is 4. The van der Waals surface area contributed by atoms with Crippen LogP contribution in [0, 0.1) is 0 Å². The molecule has 0 aliphatic carbocycles. The smallest absolute Gasteiger partial charge is 0.411 e. The predicted molar refractivity (Wildman–Crippen MR) is 113 cm³/mol. The highest BCUT2D eigenvalue weighted by Crippen LogP contribution is 2.37. The van der Waals surface area contributed by atoms with Crippen molar-refractivity contribution >= 4 is 25.8 Å². The molecule has 0 unspecified atom stereocenters. The monoisotopic (exact) mass is 386 g/mol. The van der Waals surface area contributed by atoms with Crippen LogP contribution in [-0.4, -0.2) is 14.4 Å². The van der Waals surface area contributed by atoms with E-state index in [1.807, 2.05) is 36.4 Å². The molecule has 0 aliphatic rings. The Kier molecular flexibility index (Phi) is 6.67. The molecule has 3 N–H and O–H groups in total. The molecule has 0 aliphatic heterocycles. The zero-order valence-corrected chi connectivity index (χ0v) is 17.8. The van der Waals surface area contributed by atoms with Crippen molar-refractivity contribution in [1.82, 2.24) is 0 Å². The van der Waals surface area contributed by atoms with E-state index in [2.05, 4.69) is 39.2 Å². The summed E-state index contributed by atoms with van der Waals surface area (Å²) >= 11 is 0. The van der Waals surface area contributed by atoms with Crippen LogP contribution in [0.4, 0.5) is 16.2 Å². The van der Waals surface area contributed by atoms with Gasteiger partial charge in [-0.1, -0.05) is 51.1 Å². The molecule has 0 saturated heterocycles. The molecule has 5 nitrogen and oxygen atoms in total. The lowest BCUT2D eigenvalue weighted by Crippen LogP contribution is -2.40. The van der Waals surface area contributed by atoms with Gasteiger partial charge < -0.3 is 14.9 Å². The maximum absolute atomic E-state index is 12.2. The van der Waals surface area contributed by atoms with Crippen LogP contribution in [0.25, 0.3) is 0 Å². The van der Waals surface area contributed by atoms with Crippen molar-refractivity contribution in [3.8, 4) is 0 Å². The van der Waals surface area contributed by atoms with E-state index in [-0.39, 0.29) is 11.6 Å². The summed E-state index contributed by atoms with van der Waals surface area (Å²) in [7, 11) is -1.91. The van der Waals surface area contributed by atoms with E-state index in [4.69, 9.17) is 14.9 Å². The number of carbonyl (C=O) groups is 1. The molecule has 0 bridgehead atoms. The first-order valence-electron chi connectivity index (χ1n) is 9.08. The van der Waals surface area contributed by atoms with Gasteiger partial charge in [0.1, 0.15) is 6.61 Å². The summed E-state index contributed by atoms with van der Waals surface area (Å²) in [6.07, 6.45) is -0.503. The summed E-state index contributed by atoms with van der Waals surface area (Å²) in [6.45, 7) is 11.6. The highest BCUT2D eigenvalue weighted by Gasteiger charge is 2.37. The Morgan fingerprint density at radius 1 is 1.07 bits per heavy atom. The number of ether oxygens (including phenoxy) is 1. The highest BCUT2D eigenvalue weighted by molar-refractivity contribution is 6.74. The SMILES string of the molecule is CC(C)(C)[Si](C)(C)OCc1cc(N)ccc1NC(=O)OCc1ccccc1. The van der Waals surface area contributed by atoms with E-state index in [1.54, 1.807) is 12.1 Å². The van der Waals surface area contributed by atoms with E-state index < -0.39 is 14.4 Å². The van der Waals surface area contributed by atoms with Gasteiger partial charge in [-0.05, 0) is 41.9 Å². The van der Waals surface area contributed by atoms with Crippen LogP contribution in [0.3, 0.4) is 0 Å². The van der Waals surface area contributed by atoms with Crippen molar-refractivity contribution in [3.05, 3.63) is 59.7 Å². The molecule has 0 aromatic heterocycles. The molecular weight excluding hydrogens is 356 g/mol. The predicted octanol–water partition coefficient (Wildman–Crippen LogP) is 5.54. The van der Waals surface area contributed by atoms with Crippen LogP contribution in [0.1, 0.15) is 31.9 Å². The summed E-state index contributed by atoms with van der Waals surface area (Å²) in [6, 6.07) is 14.9. The minimum atomic E-state index is -1.91. The second-order valence-corrected chi connectivity index (χ2v) is 13.0. The number of nitrogen functional groups attached to an aromatic ring is 1. The summed E-state index contributed by atoms with van der Waals surface area (Å²) in [5.41, 5.74) is 9.00. The maximum Gasteiger partial charge on any atom is 0.411 e. The summed E-state index contributed by atoms with van der Waals surface area (Å²) in [5, 5.41) is 2.91. The normalized spacial score (nSPS) is 11.9. The molecule has 0 atom stereocenters. The Hall–Kier alpha value is -2.31. The fraction of sp³-hybridized carbons (Fsp3) is 0.381. The quantitative estimate of drug-likeness (QED) is 0.505. The molecule has 0 spiro atoms. The van der Waals surface area contributed by atoms with Gasteiger partial charge in [0.15, 0.2) is 8.32 Å². The molecule has 6 heteroatoms. The second-order valence-electron chi connectivity index (χ2n) is 8.15. The van der Waals surface area contributed by atoms with Gasteiger partial charge >= 0.3 is 6.09 Å². The molecule has 2 aromatic rings. The van der Waals surface area contributed by atoms with Gasteiger partial charge in [0.05, 0.1) is 6.61 Å². The summed E-state index contributed by atoms with van der Waals surface area (Å²) in [4.78, 5) is 12.2. The number of benzene rings is 2. The molecule has 0 saturated carbocycles. The molecule has 2 aromatic carbocycles. The average Bonchev–Trinajstić information content (AvgIpc) is 2.60. The Labute approximate surface area is 163 Å². The lowest BCUT2D eigenvalue weighted by molar-refractivity contribution is 0.155. The van der Waals surface area contributed by atoms with Gasteiger partial charge in [0, 0.05) is 16.9 Å². The number of anilines is 2. The van der Waals surface area contributed by atoms with E-state index >= 15 is 0 Å². The topological polar surface area (TPSA) is 73.6 Å². The van der Waals surface area contributed by atoms with Gasteiger partial charge in [-0.15, -0.1) is 0 Å². The zero-order chi connectivity index (χ0) is 20.1. The van der Waals surface area contributed by atoms with Gasteiger partial charge in [-0.3, -0.25) is 5.32 Å². The average molecular weight is 387 g/mol. The number of nitrogens with one attached hydrogen (secondary N) is 1. The van der Waals surface area contributed by atoms with Crippen molar-refractivity contribution in [2.24, 2.45) is 0 Å². The molecule has 0 radical (unpaired) electrons. The van der Waals surface area contributed by atoms with Crippen LogP contribution in [0.2, 0.25) is 18.1 Å². The summed E-state index contributed by atoms with van der Waals surface area (Å²) in [5.74, 6) is 0. The molecular formula is C21H30N2O3Si. The van der Waals surface area contributed by atoms with E-state index in [0.29, 0.717) is 18.0 Å². The number of hydrogen-bond donors (Lipinski definition) is 2. The third kappa shape index (κ3) is 6.11. The van der Waals surface area contributed by atoms with Crippen molar-refractivity contribution < 1.29 is 14.0 Å². The minimum Gasteiger partial charge on any atom is -0.444 e. The maximum atomic E-state index is 12.2. The van der Waals surface area contributed by atoms with E-state index in [9.17, 15) is 4.79 Å². The van der Waals surface area contributed by atoms with Crippen LogP contribution in [-0.2, 0) is 22.4 Å². The number of carbonyl (C=O) groups excluding carboxylic acids is 1. The minimum absolute atomic E-state index is 0.107. The lowest BCUT2D eigenvalue weighted by atomic mass is 10.1. The number of rotatable bonds is 6. The Morgan fingerprint density at radius 2 is 1.74 bits per heavy atom. The molecule has 146 valence electrons. The molecule has 27 heavy (non-hydrogen) atoms. The largest absolute Gasteiger partial charge is 0.444 e. The van der Waals surface area contributed by atoms with Crippen molar-refractivity contribution in [3.63, 3.8) is 0 Å². The first-order valence-corrected chi connectivity index (χ1v) is 12.0. The van der Waals surface area contributed by atoms with Gasteiger partial charge in [0.2, 0.25) is 0 Å². The summed E-state index contributed by atoms with van der Waals surface area (Å²) < 4.78 is 11.6. The van der Waals surface area contributed by atoms with E-state index in [1.165, 1.54) is 0 Å². The fourth-order valence-corrected chi connectivity index (χ4v) is 3.15. The third-order valence-corrected chi connectivity index (χ3v) is 9.45. The van der Waals surface area contributed by atoms with Crippen LogP contribution in [0.5, 0.6) is 0 Å².